The fraction of sp³-hybridized carbons (Fsp3) is 0.0435. The van der Waals surface area contributed by atoms with Gasteiger partial charge in [0.05, 0.1) is 0 Å². The molecule has 4 rings (SSSR count). The number of nitrogens with zero attached hydrogens (tertiary/aromatic N) is 1. The van der Waals surface area contributed by atoms with Crippen LogP contribution in [0.1, 0.15) is 16.1 Å². The molecular weight excluding hydrogens is 352 g/mol. The Morgan fingerprint density at radius 1 is 0.857 bits per heavy atom. The van der Waals surface area contributed by atoms with Gasteiger partial charge >= 0.3 is 0 Å². The molecule has 138 valence electrons. The van der Waals surface area contributed by atoms with Crippen molar-refractivity contribution in [1.29, 1.82) is 0 Å². The van der Waals surface area contributed by atoms with Crippen LogP contribution in [0.5, 0.6) is 11.5 Å². The van der Waals surface area contributed by atoms with Crippen LogP contribution < -0.4 is 10.1 Å². The Morgan fingerprint density at radius 2 is 1.50 bits per heavy atom. The maximum atomic E-state index is 12.3. The first-order chi connectivity index (χ1) is 13.8. The third-order valence-corrected chi connectivity index (χ3v) is 4.16. The number of aromatic nitrogens is 1. The molecule has 0 atom stereocenters. The second-order valence-electron chi connectivity index (χ2n) is 6.18. The second-order valence-corrected chi connectivity index (χ2v) is 6.18. The Labute approximate surface area is 162 Å². The fourth-order valence-electron chi connectivity index (χ4n) is 2.69. The standard InChI is InChI=1S/C23H18N2O3/c26-23(21-15-22(28-25-21)18-7-3-1-4-8-18)24-16-17-11-13-20(14-12-17)27-19-9-5-2-6-10-19/h1-15H,16H2,(H,24,26). The summed E-state index contributed by atoms with van der Waals surface area (Å²) >= 11 is 0. The highest BCUT2D eigenvalue weighted by Crippen LogP contribution is 2.22. The predicted octanol–water partition coefficient (Wildman–Crippen LogP) is 5.06. The van der Waals surface area contributed by atoms with E-state index in [1.165, 1.54) is 0 Å². The Kier molecular flexibility index (Phi) is 5.15. The Bertz CT molecular complexity index is 1040. The van der Waals surface area contributed by atoms with Crippen molar-refractivity contribution < 1.29 is 14.1 Å². The molecule has 0 unspecified atom stereocenters. The summed E-state index contributed by atoms with van der Waals surface area (Å²) in [4.78, 5) is 12.3. The minimum atomic E-state index is -0.282. The van der Waals surface area contributed by atoms with Crippen LogP contribution in [0.15, 0.2) is 95.5 Å². The number of ether oxygens (including phenoxy) is 1. The molecular formula is C23H18N2O3. The first-order valence-electron chi connectivity index (χ1n) is 8.90. The van der Waals surface area contributed by atoms with Gasteiger partial charge in [-0.2, -0.15) is 0 Å². The second kappa shape index (κ2) is 8.22. The highest BCUT2D eigenvalue weighted by Gasteiger charge is 2.13. The lowest BCUT2D eigenvalue weighted by Crippen LogP contribution is -2.22. The van der Waals surface area contributed by atoms with Gasteiger partial charge in [-0.15, -0.1) is 0 Å². The molecule has 1 heterocycles. The molecule has 0 spiro atoms. The topological polar surface area (TPSA) is 64.4 Å². The predicted molar refractivity (Wildman–Crippen MR) is 106 cm³/mol. The molecule has 0 saturated heterocycles. The molecule has 28 heavy (non-hydrogen) atoms. The van der Waals surface area contributed by atoms with Crippen LogP contribution in [0.4, 0.5) is 0 Å². The highest BCUT2D eigenvalue weighted by molar-refractivity contribution is 5.93. The first kappa shape index (κ1) is 17.5. The van der Waals surface area contributed by atoms with Gasteiger partial charge in [0.25, 0.3) is 5.91 Å². The summed E-state index contributed by atoms with van der Waals surface area (Å²) in [5.41, 5.74) is 2.09. The Balaban J connectivity index is 1.34. The summed E-state index contributed by atoms with van der Waals surface area (Å²) in [5.74, 6) is 1.80. The number of benzene rings is 3. The number of hydrogen-bond donors (Lipinski definition) is 1. The zero-order valence-electron chi connectivity index (χ0n) is 15.0. The normalized spacial score (nSPS) is 10.4. The van der Waals surface area contributed by atoms with Crippen LogP contribution in [0.3, 0.4) is 0 Å². The van der Waals surface area contributed by atoms with Gasteiger partial charge in [0.2, 0.25) is 0 Å². The average Bonchev–Trinajstić information content (AvgIpc) is 3.25. The van der Waals surface area contributed by atoms with Crippen molar-refractivity contribution in [3.05, 3.63) is 102 Å². The largest absolute Gasteiger partial charge is 0.457 e. The van der Waals surface area contributed by atoms with E-state index in [1.807, 2.05) is 84.9 Å². The number of rotatable bonds is 6. The van der Waals surface area contributed by atoms with E-state index < -0.39 is 0 Å². The van der Waals surface area contributed by atoms with Gasteiger partial charge in [0.1, 0.15) is 11.5 Å². The number of para-hydroxylation sites is 1. The zero-order valence-corrected chi connectivity index (χ0v) is 15.0. The van der Waals surface area contributed by atoms with E-state index in [0.29, 0.717) is 12.3 Å². The van der Waals surface area contributed by atoms with Crippen LogP contribution >= 0.6 is 0 Å². The summed E-state index contributed by atoms with van der Waals surface area (Å²) in [6.45, 7) is 0.387. The molecule has 3 aromatic carbocycles. The highest BCUT2D eigenvalue weighted by atomic mass is 16.5. The third kappa shape index (κ3) is 4.27. The maximum Gasteiger partial charge on any atom is 0.273 e. The molecule has 1 amide bonds. The molecule has 5 nitrogen and oxygen atoms in total. The molecule has 4 aromatic rings. The van der Waals surface area contributed by atoms with E-state index in [2.05, 4.69) is 10.5 Å². The van der Waals surface area contributed by atoms with Crippen molar-refractivity contribution in [3.63, 3.8) is 0 Å². The van der Waals surface area contributed by atoms with E-state index in [-0.39, 0.29) is 11.6 Å². The third-order valence-electron chi connectivity index (χ3n) is 4.16. The molecule has 0 saturated carbocycles. The summed E-state index contributed by atoms with van der Waals surface area (Å²) in [7, 11) is 0. The number of carbonyl (C=O) groups is 1. The molecule has 0 aliphatic carbocycles. The lowest BCUT2D eigenvalue weighted by Gasteiger charge is -2.07. The smallest absolute Gasteiger partial charge is 0.273 e. The molecule has 1 aromatic heterocycles. The van der Waals surface area contributed by atoms with Crippen molar-refractivity contribution >= 4 is 5.91 Å². The summed E-state index contributed by atoms with van der Waals surface area (Å²) < 4.78 is 11.0. The average molecular weight is 370 g/mol. The summed E-state index contributed by atoms with van der Waals surface area (Å²) in [6, 6.07) is 28.3. The SMILES string of the molecule is O=C(NCc1ccc(Oc2ccccc2)cc1)c1cc(-c2ccccc2)on1. The zero-order chi connectivity index (χ0) is 19.2. The number of nitrogens with one attached hydrogen (secondary N) is 1. The van der Waals surface area contributed by atoms with Crippen LogP contribution in [0, 0.1) is 0 Å². The minimum absolute atomic E-state index is 0.253. The van der Waals surface area contributed by atoms with Crippen LogP contribution in [-0.4, -0.2) is 11.1 Å². The van der Waals surface area contributed by atoms with Crippen LogP contribution in [0.25, 0.3) is 11.3 Å². The first-order valence-corrected chi connectivity index (χ1v) is 8.90. The van der Waals surface area contributed by atoms with E-state index in [0.717, 1.165) is 22.6 Å². The number of hydrogen-bond acceptors (Lipinski definition) is 4. The monoisotopic (exact) mass is 370 g/mol. The van der Waals surface area contributed by atoms with E-state index >= 15 is 0 Å². The fourth-order valence-corrected chi connectivity index (χ4v) is 2.69. The van der Waals surface area contributed by atoms with Crippen molar-refractivity contribution in [2.75, 3.05) is 0 Å². The Hall–Kier alpha value is -3.86. The minimum Gasteiger partial charge on any atom is -0.457 e. The van der Waals surface area contributed by atoms with E-state index in [1.54, 1.807) is 6.07 Å². The van der Waals surface area contributed by atoms with Gasteiger partial charge in [-0.05, 0) is 29.8 Å². The molecule has 0 aliphatic heterocycles. The molecule has 5 heteroatoms. The van der Waals surface area contributed by atoms with Crippen LogP contribution in [0.2, 0.25) is 0 Å². The molecule has 0 aliphatic rings. The molecule has 0 fully saturated rings. The number of amides is 1. The summed E-state index contributed by atoms with van der Waals surface area (Å²) in [5, 5.41) is 6.71. The van der Waals surface area contributed by atoms with Gasteiger partial charge in [0, 0.05) is 18.2 Å². The van der Waals surface area contributed by atoms with Crippen LogP contribution in [-0.2, 0) is 6.54 Å². The lowest BCUT2D eigenvalue weighted by molar-refractivity contribution is 0.0942. The van der Waals surface area contributed by atoms with Gasteiger partial charge in [-0.1, -0.05) is 65.8 Å². The quantitative estimate of drug-likeness (QED) is 0.515. The van der Waals surface area contributed by atoms with Crippen molar-refractivity contribution in [2.24, 2.45) is 0 Å². The lowest BCUT2D eigenvalue weighted by atomic mass is 10.1. The van der Waals surface area contributed by atoms with Crippen molar-refractivity contribution in [3.8, 4) is 22.8 Å². The van der Waals surface area contributed by atoms with Gasteiger partial charge in [-0.3, -0.25) is 4.79 Å². The van der Waals surface area contributed by atoms with Crippen molar-refractivity contribution in [1.82, 2.24) is 10.5 Å². The van der Waals surface area contributed by atoms with E-state index in [4.69, 9.17) is 9.26 Å². The molecule has 0 bridgehead atoms. The molecule has 1 N–H and O–H groups in total. The van der Waals surface area contributed by atoms with Gasteiger partial charge in [0.15, 0.2) is 11.5 Å². The van der Waals surface area contributed by atoms with Gasteiger partial charge < -0.3 is 14.6 Å². The molecule has 0 radical (unpaired) electrons. The summed E-state index contributed by atoms with van der Waals surface area (Å²) in [6.07, 6.45) is 0. The van der Waals surface area contributed by atoms with Gasteiger partial charge in [-0.25, -0.2) is 0 Å². The Morgan fingerprint density at radius 3 is 2.21 bits per heavy atom. The number of carbonyl (C=O) groups excluding carboxylic acids is 1. The maximum absolute atomic E-state index is 12.3. The van der Waals surface area contributed by atoms with Crippen molar-refractivity contribution in [2.45, 2.75) is 6.54 Å². The van der Waals surface area contributed by atoms with E-state index in [9.17, 15) is 4.79 Å².